The van der Waals surface area contributed by atoms with Crippen molar-refractivity contribution in [2.45, 2.75) is 57.5 Å². The van der Waals surface area contributed by atoms with Gasteiger partial charge in [0.2, 0.25) is 0 Å². The molecule has 0 saturated carbocycles. The molecule has 4 nitrogen and oxygen atoms in total. The van der Waals surface area contributed by atoms with Crippen LogP contribution in [0.3, 0.4) is 0 Å². The van der Waals surface area contributed by atoms with Crippen LogP contribution in [0.4, 0.5) is 0 Å². The average Bonchev–Trinajstić information content (AvgIpc) is 2.75. The Morgan fingerprint density at radius 3 is 2.19 bits per heavy atom. The summed E-state index contributed by atoms with van der Waals surface area (Å²) in [5.74, 6) is 0.757. The van der Waals surface area contributed by atoms with Crippen molar-refractivity contribution in [2.75, 3.05) is 14.2 Å². The third-order valence-electron chi connectivity index (χ3n) is 6.00. The zero-order valence-corrected chi connectivity index (χ0v) is 20.5. The first kappa shape index (κ1) is 25.0. The summed E-state index contributed by atoms with van der Waals surface area (Å²) in [6, 6.07) is 13.9. The number of carbonyl (C=O) groups excluding carboxylic acids is 2. The highest BCUT2D eigenvalue weighted by Gasteiger charge is 2.42. The van der Waals surface area contributed by atoms with Gasteiger partial charge in [0, 0.05) is 5.75 Å². The molecule has 0 saturated heterocycles. The molecule has 0 aliphatic carbocycles. The highest BCUT2D eigenvalue weighted by Crippen LogP contribution is 2.42. The maximum Gasteiger partial charge on any atom is 0.306 e. The highest BCUT2D eigenvalue weighted by atomic mass is 32.2. The number of esters is 1. The summed E-state index contributed by atoms with van der Waals surface area (Å²) < 4.78 is 9.51. The number of ketones is 1. The first-order chi connectivity index (χ1) is 14.6. The second kappa shape index (κ2) is 10.9. The number of methoxy groups -OCH3 is 2. The van der Waals surface area contributed by atoms with Crippen LogP contribution < -0.4 is 4.74 Å². The van der Waals surface area contributed by atoms with Crippen molar-refractivity contribution in [3.8, 4) is 5.75 Å². The molecule has 0 heterocycles. The third kappa shape index (κ3) is 6.13. The molecule has 0 fully saturated rings. The van der Waals surface area contributed by atoms with E-state index in [0.29, 0.717) is 5.75 Å². The summed E-state index contributed by atoms with van der Waals surface area (Å²) in [5.41, 5.74) is 4.18. The molecular weight excluding hydrogens is 408 g/mol. The summed E-state index contributed by atoms with van der Waals surface area (Å²) in [6.07, 6.45) is 0.0463. The lowest BCUT2D eigenvalue weighted by atomic mass is 9.79. The maximum absolute atomic E-state index is 14.0. The number of Topliss-reactive ketones (excluding diaryl/α,β-unsaturated/α-hetero) is 1. The van der Waals surface area contributed by atoms with Crippen LogP contribution in [0, 0.1) is 19.8 Å². The van der Waals surface area contributed by atoms with Gasteiger partial charge < -0.3 is 9.47 Å². The lowest BCUT2D eigenvalue weighted by molar-refractivity contribution is -0.143. The number of aryl methyl sites for hydroxylation is 2. The lowest BCUT2D eigenvalue weighted by Crippen LogP contribution is -2.41. The third-order valence-corrected chi connectivity index (χ3v) is 7.75. The van der Waals surface area contributed by atoms with E-state index in [1.807, 2.05) is 57.2 Å². The molecule has 2 unspecified atom stereocenters. The Kier molecular flexibility index (Phi) is 8.75. The van der Waals surface area contributed by atoms with Gasteiger partial charge in [-0.1, -0.05) is 49.7 Å². The van der Waals surface area contributed by atoms with Gasteiger partial charge in [-0.25, -0.2) is 0 Å². The number of ether oxygens (including phenoxy) is 2. The Bertz CT molecular complexity index is 904. The van der Waals surface area contributed by atoms with Gasteiger partial charge in [-0.3, -0.25) is 9.59 Å². The van der Waals surface area contributed by atoms with Gasteiger partial charge in [0.25, 0.3) is 0 Å². The predicted octanol–water partition coefficient (Wildman–Crippen LogP) is 5.88. The Balaban J connectivity index is 2.36. The SMILES string of the molecule is COC(=O)CC(C(=O)C(C)(SCc1ccc(OC)cc1)C(C)C)c1ccc(C)cc1C. The minimum Gasteiger partial charge on any atom is -0.497 e. The summed E-state index contributed by atoms with van der Waals surface area (Å²) in [7, 11) is 3.01. The minimum absolute atomic E-state index is 0.0463. The van der Waals surface area contributed by atoms with Crippen LogP contribution in [-0.2, 0) is 20.1 Å². The van der Waals surface area contributed by atoms with Crippen LogP contribution in [0.15, 0.2) is 42.5 Å². The van der Waals surface area contributed by atoms with Gasteiger partial charge in [-0.2, -0.15) is 0 Å². The van der Waals surface area contributed by atoms with Crippen LogP contribution in [0.2, 0.25) is 0 Å². The largest absolute Gasteiger partial charge is 0.497 e. The van der Waals surface area contributed by atoms with Crippen molar-refractivity contribution in [1.82, 2.24) is 0 Å². The molecule has 168 valence electrons. The standard InChI is InChI=1S/C26H34O4S/c1-17(2)26(5,31-16-20-9-11-21(29-6)12-10-20)25(28)23(15-24(27)30-7)22-13-8-18(3)14-19(22)4/h8-14,17,23H,15-16H2,1-7H3. The molecule has 2 aromatic rings. The minimum atomic E-state index is -0.657. The predicted molar refractivity (Wildman–Crippen MR) is 128 cm³/mol. The zero-order chi connectivity index (χ0) is 23.2. The summed E-state index contributed by atoms with van der Waals surface area (Å²) in [6.45, 7) is 10.2. The van der Waals surface area contributed by atoms with E-state index >= 15 is 0 Å². The molecule has 0 N–H and O–H groups in total. The molecule has 2 rings (SSSR count). The maximum atomic E-state index is 14.0. The Labute approximate surface area is 190 Å². The Morgan fingerprint density at radius 2 is 1.68 bits per heavy atom. The highest BCUT2D eigenvalue weighted by molar-refractivity contribution is 8.00. The molecule has 0 radical (unpaired) electrons. The lowest BCUT2D eigenvalue weighted by Gasteiger charge is -2.35. The molecule has 0 spiro atoms. The fraction of sp³-hybridized carbons (Fsp3) is 0.462. The number of carbonyl (C=O) groups is 2. The molecule has 0 aliphatic rings. The molecule has 0 amide bonds. The van der Waals surface area contributed by atoms with Gasteiger partial charge in [0.15, 0.2) is 5.78 Å². The smallest absolute Gasteiger partial charge is 0.306 e. The average molecular weight is 443 g/mol. The van der Waals surface area contributed by atoms with Crippen molar-refractivity contribution in [3.63, 3.8) is 0 Å². The van der Waals surface area contributed by atoms with Crippen molar-refractivity contribution in [1.29, 1.82) is 0 Å². The van der Waals surface area contributed by atoms with E-state index in [-0.39, 0.29) is 24.1 Å². The van der Waals surface area contributed by atoms with Crippen LogP contribution in [0.5, 0.6) is 5.75 Å². The molecule has 0 bridgehead atoms. The normalized spacial score (nSPS) is 14.1. The van der Waals surface area contributed by atoms with Crippen LogP contribution in [0.25, 0.3) is 0 Å². The van der Waals surface area contributed by atoms with Crippen LogP contribution >= 0.6 is 11.8 Å². The van der Waals surface area contributed by atoms with E-state index in [9.17, 15) is 9.59 Å². The number of hydrogen-bond donors (Lipinski definition) is 0. The van der Waals surface area contributed by atoms with E-state index in [1.165, 1.54) is 7.11 Å². The van der Waals surface area contributed by atoms with Crippen molar-refractivity contribution >= 4 is 23.5 Å². The van der Waals surface area contributed by atoms with Gasteiger partial charge in [-0.15, -0.1) is 11.8 Å². The second-order valence-corrected chi connectivity index (χ2v) is 9.88. The first-order valence-corrected chi connectivity index (χ1v) is 11.6. The number of hydrogen-bond acceptors (Lipinski definition) is 5. The number of rotatable bonds is 10. The molecule has 2 aromatic carbocycles. The van der Waals surface area contributed by atoms with Crippen molar-refractivity contribution in [2.24, 2.45) is 5.92 Å². The monoisotopic (exact) mass is 442 g/mol. The summed E-state index contributed by atoms with van der Waals surface area (Å²) in [5, 5.41) is 0. The fourth-order valence-corrected chi connectivity index (χ4v) is 4.91. The number of thioether (sulfide) groups is 1. The molecule has 0 aromatic heterocycles. The molecule has 2 atom stereocenters. The first-order valence-electron chi connectivity index (χ1n) is 10.6. The van der Waals surface area contributed by atoms with Crippen LogP contribution in [-0.4, -0.2) is 30.7 Å². The van der Waals surface area contributed by atoms with E-state index in [2.05, 4.69) is 19.9 Å². The molecular formula is C26H34O4S. The molecule has 31 heavy (non-hydrogen) atoms. The van der Waals surface area contributed by atoms with E-state index in [0.717, 1.165) is 28.0 Å². The Hall–Kier alpha value is -2.27. The van der Waals surface area contributed by atoms with E-state index < -0.39 is 10.7 Å². The molecule has 0 aliphatic heterocycles. The van der Waals surface area contributed by atoms with Crippen molar-refractivity contribution in [3.05, 3.63) is 64.7 Å². The van der Waals surface area contributed by atoms with Crippen LogP contribution in [0.1, 0.15) is 55.4 Å². The van der Waals surface area contributed by atoms with Crippen molar-refractivity contribution < 1.29 is 19.1 Å². The van der Waals surface area contributed by atoms with Gasteiger partial charge in [-0.05, 0) is 55.5 Å². The fourth-order valence-electron chi connectivity index (χ4n) is 3.63. The van der Waals surface area contributed by atoms with Gasteiger partial charge in [0.1, 0.15) is 5.75 Å². The Morgan fingerprint density at radius 1 is 1.03 bits per heavy atom. The quantitative estimate of drug-likeness (QED) is 0.430. The van der Waals surface area contributed by atoms with E-state index in [1.54, 1.807) is 18.9 Å². The van der Waals surface area contributed by atoms with Gasteiger partial charge in [0.05, 0.1) is 31.3 Å². The summed E-state index contributed by atoms with van der Waals surface area (Å²) in [4.78, 5) is 26.2. The topological polar surface area (TPSA) is 52.6 Å². The summed E-state index contributed by atoms with van der Waals surface area (Å²) >= 11 is 1.63. The van der Waals surface area contributed by atoms with E-state index in [4.69, 9.17) is 9.47 Å². The molecule has 5 heteroatoms. The second-order valence-electron chi connectivity index (χ2n) is 8.46. The number of benzene rings is 2. The zero-order valence-electron chi connectivity index (χ0n) is 19.7. The van der Waals surface area contributed by atoms with Gasteiger partial charge >= 0.3 is 5.97 Å².